The summed E-state index contributed by atoms with van der Waals surface area (Å²) in [6.07, 6.45) is -0.138. The fourth-order valence-corrected chi connectivity index (χ4v) is 2.69. The largest absolute Gasteiger partial charge is 0.386 e. The van der Waals surface area contributed by atoms with Crippen molar-refractivity contribution in [1.82, 2.24) is 10.6 Å². The van der Waals surface area contributed by atoms with E-state index in [-0.39, 0.29) is 24.9 Å². The zero-order valence-corrected chi connectivity index (χ0v) is 12.1. The first kappa shape index (κ1) is 15.7. The van der Waals surface area contributed by atoms with Gasteiger partial charge in [0.05, 0.1) is 4.34 Å². The van der Waals surface area contributed by atoms with Gasteiger partial charge in [0.15, 0.2) is 0 Å². The van der Waals surface area contributed by atoms with Gasteiger partial charge in [-0.15, -0.1) is 23.7 Å². The van der Waals surface area contributed by atoms with Gasteiger partial charge < -0.3 is 15.7 Å². The van der Waals surface area contributed by atoms with E-state index in [2.05, 4.69) is 10.6 Å². The van der Waals surface area contributed by atoms with Gasteiger partial charge in [0.1, 0.15) is 6.10 Å². The van der Waals surface area contributed by atoms with Crippen molar-refractivity contribution in [1.29, 1.82) is 0 Å². The SMILES string of the molecule is Cl.O=C(CC1CNC1)NCC(O)c1ccc(Cl)s1. The monoisotopic (exact) mass is 310 g/mol. The van der Waals surface area contributed by atoms with Gasteiger partial charge >= 0.3 is 0 Å². The molecule has 1 aromatic heterocycles. The third-order valence-electron chi connectivity index (χ3n) is 2.76. The molecular formula is C11H16Cl2N2O2S. The van der Waals surface area contributed by atoms with Crippen LogP contribution in [0.5, 0.6) is 0 Å². The van der Waals surface area contributed by atoms with Crippen LogP contribution in [0, 0.1) is 5.92 Å². The molecule has 1 atom stereocenters. The fraction of sp³-hybridized carbons (Fsp3) is 0.545. The van der Waals surface area contributed by atoms with Gasteiger partial charge in [-0.25, -0.2) is 0 Å². The molecule has 7 heteroatoms. The molecule has 1 unspecified atom stereocenters. The van der Waals surface area contributed by atoms with Crippen LogP contribution < -0.4 is 10.6 Å². The highest BCUT2D eigenvalue weighted by molar-refractivity contribution is 7.16. The molecule has 102 valence electrons. The lowest BCUT2D eigenvalue weighted by Crippen LogP contribution is -2.44. The summed E-state index contributed by atoms with van der Waals surface area (Å²) in [5.41, 5.74) is 0. The van der Waals surface area contributed by atoms with Gasteiger partial charge in [0, 0.05) is 17.8 Å². The number of carbonyl (C=O) groups is 1. The molecule has 2 heterocycles. The minimum atomic E-state index is -0.670. The lowest BCUT2D eigenvalue weighted by Gasteiger charge is -2.26. The number of nitrogens with one attached hydrogen (secondary N) is 2. The van der Waals surface area contributed by atoms with E-state index in [0.29, 0.717) is 16.7 Å². The average Bonchev–Trinajstić information content (AvgIpc) is 2.67. The number of hydrogen-bond acceptors (Lipinski definition) is 4. The second-order valence-corrected chi connectivity index (χ2v) is 5.94. The molecule has 4 nitrogen and oxygen atoms in total. The Hall–Kier alpha value is -0.330. The Kier molecular flexibility index (Phi) is 6.38. The van der Waals surface area contributed by atoms with Gasteiger partial charge in [0.2, 0.25) is 5.91 Å². The van der Waals surface area contributed by atoms with Gasteiger partial charge in [-0.1, -0.05) is 11.6 Å². The molecule has 3 N–H and O–H groups in total. The molecule has 1 fully saturated rings. The Morgan fingerprint density at radius 1 is 1.61 bits per heavy atom. The molecule has 1 saturated heterocycles. The normalized spacial score (nSPS) is 16.6. The summed E-state index contributed by atoms with van der Waals surface area (Å²) in [6, 6.07) is 3.52. The highest BCUT2D eigenvalue weighted by atomic mass is 35.5. The predicted octanol–water partition coefficient (Wildman–Crippen LogP) is 1.58. The van der Waals surface area contributed by atoms with Gasteiger partial charge in [-0.3, -0.25) is 4.79 Å². The Morgan fingerprint density at radius 2 is 2.33 bits per heavy atom. The van der Waals surface area contributed by atoms with Crippen molar-refractivity contribution in [3.05, 3.63) is 21.3 Å². The van der Waals surface area contributed by atoms with Crippen molar-refractivity contribution in [3.63, 3.8) is 0 Å². The van der Waals surface area contributed by atoms with Crippen molar-refractivity contribution < 1.29 is 9.90 Å². The molecule has 0 bridgehead atoms. The number of aliphatic hydroxyl groups is 1. The Balaban J connectivity index is 0.00000162. The minimum Gasteiger partial charge on any atom is -0.386 e. The number of thiophene rings is 1. The van der Waals surface area contributed by atoms with E-state index in [9.17, 15) is 9.90 Å². The van der Waals surface area contributed by atoms with E-state index < -0.39 is 6.10 Å². The average molecular weight is 311 g/mol. The van der Waals surface area contributed by atoms with E-state index in [0.717, 1.165) is 18.0 Å². The number of carbonyl (C=O) groups excluding carboxylic acids is 1. The van der Waals surface area contributed by atoms with Crippen molar-refractivity contribution in [2.45, 2.75) is 12.5 Å². The Bertz CT molecular complexity index is 396. The second-order valence-electron chi connectivity index (χ2n) is 4.19. The summed E-state index contributed by atoms with van der Waals surface area (Å²) in [7, 11) is 0. The zero-order valence-electron chi connectivity index (χ0n) is 9.69. The molecule has 0 radical (unpaired) electrons. The number of aliphatic hydroxyl groups excluding tert-OH is 1. The van der Waals surface area contributed by atoms with E-state index >= 15 is 0 Å². The predicted molar refractivity (Wildman–Crippen MR) is 75.5 cm³/mol. The van der Waals surface area contributed by atoms with Gasteiger partial charge in [-0.05, 0) is 31.1 Å². The third-order valence-corrected chi connectivity index (χ3v) is 4.09. The quantitative estimate of drug-likeness (QED) is 0.774. The highest BCUT2D eigenvalue weighted by Crippen LogP contribution is 2.26. The lowest BCUT2D eigenvalue weighted by atomic mass is 9.99. The van der Waals surface area contributed by atoms with Crippen LogP contribution in [-0.2, 0) is 4.79 Å². The summed E-state index contributed by atoms with van der Waals surface area (Å²) < 4.78 is 0.644. The first-order valence-electron chi connectivity index (χ1n) is 5.56. The molecular weight excluding hydrogens is 295 g/mol. The number of halogens is 2. The first-order chi connectivity index (χ1) is 8.15. The maximum Gasteiger partial charge on any atom is 0.220 e. The molecule has 0 spiro atoms. The first-order valence-corrected chi connectivity index (χ1v) is 6.75. The number of amides is 1. The maximum atomic E-state index is 11.5. The highest BCUT2D eigenvalue weighted by Gasteiger charge is 2.20. The van der Waals surface area contributed by atoms with E-state index in [4.69, 9.17) is 11.6 Å². The van der Waals surface area contributed by atoms with Crippen LogP contribution >= 0.6 is 35.3 Å². The molecule has 1 aromatic rings. The smallest absolute Gasteiger partial charge is 0.220 e. The standard InChI is InChI=1S/C11H15ClN2O2S.ClH/c12-10-2-1-9(17-10)8(15)6-14-11(16)3-7-4-13-5-7;/h1-2,7-8,13,15H,3-6H2,(H,14,16);1H. The Labute approximate surface area is 121 Å². The molecule has 1 aliphatic heterocycles. The minimum absolute atomic E-state index is 0. The summed E-state index contributed by atoms with van der Waals surface area (Å²) in [5, 5.41) is 15.7. The number of rotatable bonds is 5. The van der Waals surface area contributed by atoms with Crippen LogP contribution in [0.2, 0.25) is 4.34 Å². The molecule has 2 rings (SSSR count). The summed E-state index contributed by atoms with van der Waals surface area (Å²) in [6.45, 7) is 2.07. The zero-order chi connectivity index (χ0) is 12.3. The van der Waals surface area contributed by atoms with Crippen LogP contribution in [0.1, 0.15) is 17.4 Å². The Morgan fingerprint density at radius 3 is 2.83 bits per heavy atom. The van der Waals surface area contributed by atoms with Crippen molar-refractivity contribution >= 4 is 41.3 Å². The van der Waals surface area contributed by atoms with Gasteiger partial charge in [-0.2, -0.15) is 0 Å². The van der Waals surface area contributed by atoms with E-state index in [1.54, 1.807) is 12.1 Å². The molecule has 1 aliphatic rings. The molecule has 0 aliphatic carbocycles. The van der Waals surface area contributed by atoms with Crippen molar-refractivity contribution in [2.24, 2.45) is 5.92 Å². The van der Waals surface area contributed by atoms with Crippen molar-refractivity contribution in [2.75, 3.05) is 19.6 Å². The number of hydrogen-bond donors (Lipinski definition) is 3. The van der Waals surface area contributed by atoms with Crippen molar-refractivity contribution in [3.8, 4) is 0 Å². The van der Waals surface area contributed by atoms with Crippen LogP contribution in [0.3, 0.4) is 0 Å². The summed E-state index contributed by atoms with van der Waals surface area (Å²) in [5.74, 6) is 0.446. The topological polar surface area (TPSA) is 61.4 Å². The summed E-state index contributed by atoms with van der Waals surface area (Å²) in [4.78, 5) is 12.3. The maximum absolute atomic E-state index is 11.5. The van der Waals surface area contributed by atoms with Crippen LogP contribution in [0.25, 0.3) is 0 Å². The third kappa shape index (κ3) is 4.40. The van der Waals surface area contributed by atoms with Crippen LogP contribution in [-0.4, -0.2) is 30.6 Å². The van der Waals surface area contributed by atoms with E-state index in [1.165, 1.54) is 11.3 Å². The van der Waals surface area contributed by atoms with Crippen LogP contribution in [0.15, 0.2) is 12.1 Å². The molecule has 0 aromatic carbocycles. The molecule has 1 amide bonds. The van der Waals surface area contributed by atoms with Crippen LogP contribution in [0.4, 0.5) is 0 Å². The van der Waals surface area contributed by atoms with E-state index in [1.807, 2.05) is 0 Å². The second kappa shape index (κ2) is 7.31. The molecule has 18 heavy (non-hydrogen) atoms. The summed E-state index contributed by atoms with van der Waals surface area (Å²) >= 11 is 7.11. The fourth-order valence-electron chi connectivity index (χ4n) is 1.65. The van der Waals surface area contributed by atoms with Gasteiger partial charge in [0.25, 0.3) is 0 Å². The lowest BCUT2D eigenvalue weighted by molar-refractivity contribution is -0.122. The molecule has 0 saturated carbocycles.